The molecule has 0 aliphatic rings. The molecule has 102 valence electrons. The summed E-state index contributed by atoms with van der Waals surface area (Å²) in [4.78, 5) is 8.96. The van der Waals surface area contributed by atoms with Gasteiger partial charge < -0.3 is 15.5 Å². The Kier molecular flexibility index (Phi) is 6.09. The quantitative estimate of drug-likeness (QED) is 0.802. The van der Waals surface area contributed by atoms with Crippen molar-refractivity contribution >= 4 is 5.82 Å². The number of nitrogens with two attached hydrogens (primary N) is 1. The minimum Gasteiger partial charge on any atom is -0.357 e. The Balaban J connectivity index is 2.66. The summed E-state index contributed by atoms with van der Waals surface area (Å²) in [5, 5.41) is 0. The van der Waals surface area contributed by atoms with Crippen LogP contribution in [0.3, 0.4) is 0 Å². The van der Waals surface area contributed by atoms with Gasteiger partial charge in [0.2, 0.25) is 0 Å². The lowest BCUT2D eigenvalue weighted by Crippen LogP contribution is -2.28. The van der Waals surface area contributed by atoms with Gasteiger partial charge in [-0.2, -0.15) is 0 Å². The summed E-state index contributed by atoms with van der Waals surface area (Å²) < 4.78 is 0. The molecule has 0 unspecified atom stereocenters. The number of rotatable bonds is 7. The number of hydrogen-bond acceptors (Lipinski definition) is 4. The van der Waals surface area contributed by atoms with Crippen LogP contribution in [0.5, 0.6) is 0 Å². The second-order valence-electron chi connectivity index (χ2n) is 4.97. The van der Waals surface area contributed by atoms with Crippen molar-refractivity contribution in [2.75, 3.05) is 38.6 Å². The largest absolute Gasteiger partial charge is 0.357 e. The Bertz CT molecular complexity index is 349. The Labute approximate surface area is 111 Å². The molecule has 0 spiro atoms. The number of hydrogen-bond donors (Lipinski definition) is 1. The third-order valence-corrected chi connectivity index (χ3v) is 3.03. The molecule has 4 heteroatoms. The topological polar surface area (TPSA) is 45.4 Å². The SMILES string of the molecule is CCN(CCCN(C)C)c1cc([C@H](C)N)ccn1. The molecule has 0 aliphatic heterocycles. The molecule has 0 saturated heterocycles. The lowest BCUT2D eigenvalue weighted by molar-refractivity contribution is 0.400. The third-order valence-electron chi connectivity index (χ3n) is 3.03. The van der Waals surface area contributed by atoms with Crippen LogP contribution < -0.4 is 10.6 Å². The van der Waals surface area contributed by atoms with E-state index in [4.69, 9.17) is 5.73 Å². The fraction of sp³-hybridized carbons (Fsp3) is 0.643. The zero-order valence-electron chi connectivity index (χ0n) is 12.1. The summed E-state index contributed by atoms with van der Waals surface area (Å²) in [7, 11) is 4.20. The number of aromatic nitrogens is 1. The van der Waals surface area contributed by atoms with Gasteiger partial charge in [0.25, 0.3) is 0 Å². The second kappa shape index (κ2) is 7.34. The highest BCUT2D eigenvalue weighted by Gasteiger charge is 2.08. The molecule has 0 aliphatic carbocycles. The molecule has 1 atom stereocenters. The molecule has 18 heavy (non-hydrogen) atoms. The van der Waals surface area contributed by atoms with Crippen molar-refractivity contribution in [1.82, 2.24) is 9.88 Å². The molecular formula is C14H26N4. The van der Waals surface area contributed by atoms with E-state index in [1.54, 1.807) is 0 Å². The van der Waals surface area contributed by atoms with E-state index in [9.17, 15) is 0 Å². The molecule has 0 fully saturated rings. The van der Waals surface area contributed by atoms with Crippen LogP contribution in [0.15, 0.2) is 18.3 Å². The van der Waals surface area contributed by atoms with E-state index in [1.165, 1.54) is 0 Å². The standard InChI is InChI=1S/C14H26N4/c1-5-18(10-6-9-17(3)4)14-11-13(12(2)15)7-8-16-14/h7-8,11-12H,5-6,9-10,15H2,1-4H3/t12-/m0/s1. The van der Waals surface area contributed by atoms with E-state index in [-0.39, 0.29) is 6.04 Å². The van der Waals surface area contributed by atoms with Crippen LogP contribution >= 0.6 is 0 Å². The van der Waals surface area contributed by atoms with Gasteiger partial charge in [0.1, 0.15) is 5.82 Å². The zero-order valence-corrected chi connectivity index (χ0v) is 12.1. The van der Waals surface area contributed by atoms with E-state index in [0.717, 1.165) is 37.4 Å². The maximum absolute atomic E-state index is 5.91. The maximum Gasteiger partial charge on any atom is 0.128 e. The van der Waals surface area contributed by atoms with Gasteiger partial charge in [-0.25, -0.2) is 4.98 Å². The van der Waals surface area contributed by atoms with Crippen molar-refractivity contribution in [3.05, 3.63) is 23.9 Å². The first-order chi connectivity index (χ1) is 8.54. The van der Waals surface area contributed by atoms with Crippen LogP contribution in [0.4, 0.5) is 5.82 Å². The van der Waals surface area contributed by atoms with E-state index in [0.29, 0.717) is 0 Å². The van der Waals surface area contributed by atoms with Gasteiger partial charge >= 0.3 is 0 Å². The summed E-state index contributed by atoms with van der Waals surface area (Å²) >= 11 is 0. The predicted molar refractivity (Wildman–Crippen MR) is 77.9 cm³/mol. The highest BCUT2D eigenvalue weighted by molar-refractivity contribution is 5.41. The van der Waals surface area contributed by atoms with Crippen molar-refractivity contribution in [1.29, 1.82) is 0 Å². The van der Waals surface area contributed by atoms with E-state index in [1.807, 2.05) is 19.2 Å². The van der Waals surface area contributed by atoms with Crippen LogP contribution in [0.25, 0.3) is 0 Å². The summed E-state index contributed by atoms with van der Waals surface area (Å²) in [5.74, 6) is 1.03. The van der Waals surface area contributed by atoms with Gasteiger partial charge in [-0.05, 0) is 58.6 Å². The van der Waals surface area contributed by atoms with Gasteiger partial charge in [0, 0.05) is 25.3 Å². The van der Waals surface area contributed by atoms with Crippen LogP contribution in [0, 0.1) is 0 Å². The molecule has 2 N–H and O–H groups in total. The van der Waals surface area contributed by atoms with Crippen LogP contribution in [0.1, 0.15) is 31.9 Å². The Hall–Kier alpha value is -1.13. The maximum atomic E-state index is 5.91. The Morgan fingerprint density at radius 2 is 2.06 bits per heavy atom. The molecule has 0 aromatic carbocycles. The lowest BCUT2D eigenvalue weighted by Gasteiger charge is -2.23. The number of pyridine rings is 1. The molecule has 0 saturated carbocycles. The average Bonchev–Trinajstić information content (AvgIpc) is 2.34. The first-order valence-corrected chi connectivity index (χ1v) is 6.65. The molecule has 0 radical (unpaired) electrons. The van der Waals surface area contributed by atoms with Crippen molar-refractivity contribution in [3.8, 4) is 0 Å². The van der Waals surface area contributed by atoms with E-state index in [2.05, 4.69) is 41.9 Å². The normalized spacial score (nSPS) is 12.8. The molecule has 0 bridgehead atoms. The van der Waals surface area contributed by atoms with Crippen LogP contribution in [-0.2, 0) is 0 Å². The Morgan fingerprint density at radius 1 is 1.33 bits per heavy atom. The van der Waals surface area contributed by atoms with Crippen molar-refractivity contribution in [3.63, 3.8) is 0 Å². The monoisotopic (exact) mass is 250 g/mol. The van der Waals surface area contributed by atoms with Crippen LogP contribution in [0.2, 0.25) is 0 Å². The lowest BCUT2D eigenvalue weighted by atomic mass is 10.1. The van der Waals surface area contributed by atoms with Gasteiger partial charge in [-0.15, -0.1) is 0 Å². The van der Waals surface area contributed by atoms with Crippen molar-refractivity contribution < 1.29 is 0 Å². The highest BCUT2D eigenvalue weighted by atomic mass is 15.2. The second-order valence-corrected chi connectivity index (χ2v) is 4.97. The zero-order chi connectivity index (χ0) is 13.5. The minimum absolute atomic E-state index is 0.0623. The Morgan fingerprint density at radius 3 is 2.61 bits per heavy atom. The summed E-state index contributed by atoms with van der Waals surface area (Å²) in [6.07, 6.45) is 2.99. The molecule has 1 aromatic heterocycles. The third kappa shape index (κ3) is 4.63. The number of anilines is 1. The predicted octanol–water partition coefficient (Wildman–Crippen LogP) is 1.88. The molecule has 1 aromatic rings. The van der Waals surface area contributed by atoms with Crippen LogP contribution in [-0.4, -0.2) is 43.6 Å². The highest BCUT2D eigenvalue weighted by Crippen LogP contribution is 2.16. The van der Waals surface area contributed by atoms with E-state index < -0.39 is 0 Å². The van der Waals surface area contributed by atoms with Crippen molar-refractivity contribution in [2.45, 2.75) is 26.3 Å². The summed E-state index contributed by atoms with van der Waals surface area (Å²) in [5.41, 5.74) is 7.06. The average molecular weight is 250 g/mol. The van der Waals surface area contributed by atoms with E-state index >= 15 is 0 Å². The molecule has 0 amide bonds. The molecule has 1 heterocycles. The van der Waals surface area contributed by atoms with Gasteiger partial charge in [-0.3, -0.25) is 0 Å². The van der Waals surface area contributed by atoms with Gasteiger partial charge in [0.15, 0.2) is 0 Å². The van der Waals surface area contributed by atoms with Gasteiger partial charge in [0.05, 0.1) is 0 Å². The smallest absolute Gasteiger partial charge is 0.128 e. The fourth-order valence-electron chi connectivity index (χ4n) is 1.90. The van der Waals surface area contributed by atoms with Crippen molar-refractivity contribution in [2.24, 2.45) is 5.73 Å². The summed E-state index contributed by atoms with van der Waals surface area (Å²) in [6.45, 7) is 7.27. The molecule has 4 nitrogen and oxygen atoms in total. The first kappa shape index (κ1) is 14.9. The van der Waals surface area contributed by atoms with Gasteiger partial charge in [-0.1, -0.05) is 0 Å². The summed E-state index contributed by atoms with van der Waals surface area (Å²) in [6, 6.07) is 4.15. The fourth-order valence-corrected chi connectivity index (χ4v) is 1.90. The molecular weight excluding hydrogens is 224 g/mol. The first-order valence-electron chi connectivity index (χ1n) is 6.65. The minimum atomic E-state index is 0.0623. The molecule has 1 rings (SSSR count). The number of nitrogens with zero attached hydrogens (tertiary/aromatic N) is 3.